The van der Waals surface area contributed by atoms with E-state index in [-0.39, 0.29) is 12.6 Å². The minimum Gasteiger partial charge on any atom is -0.480 e. The van der Waals surface area contributed by atoms with Gasteiger partial charge in [0.2, 0.25) is 0 Å². The highest BCUT2D eigenvalue weighted by Crippen LogP contribution is 2.02. The summed E-state index contributed by atoms with van der Waals surface area (Å²) in [6, 6.07) is 0. The van der Waals surface area contributed by atoms with Crippen LogP contribution in [0.1, 0.15) is 0 Å². The highest BCUT2D eigenvalue weighted by molar-refractivity contribution is 5.69. The minimum atomic E-state index is -0.798. The van der Waals surface area contributed by atoms with E-state index >= 15 is 0 Å². The van der Waals surface area contributed by atoms with E-state index in [2.05, 4.69) is 0 Å². The first-order chi connectivity index (χ1) is 5.72. The van der Waals surface area contributed by atoms with Crippen LogP contribution in [0.2, 0.25) is 0 Å². The number of nitrogens with zero attached hydrogens (tertiary/aromatic N) is 1. The Morgan fingerprint density at radius 2 is 2.50 bits per heavy atom. The number of carboxylic acids is 1. The van der Waals surface area contributed by atoms with Crippen LogP contribution in [0.4, 0.5) is 0 Å². The zero-order valence-electron chi connectivity index (χ0n) is 6.90. The third kappa shape index (κ3) is 2.77. The summed E-state index contributed by atoms with van der Waals surface area (Å²) >= 11 is 0. The van der Waals surface area contributed by atoms with Crippen LogP contribution in [0.5, 0.6) is 0 Å². The van der Waals surface area contributed by atoms with Gasteiger partial charge in [0.05, 0.1) is 19.3 Å². The van der Waals surface area contributed by atoms with Gasteiger partial charge in [-0.05, 0) is 0 Å². The largest absolute Gasteiger partial charge is 0.480 e. The minimum absolute atomic E-state index is 0.00176. The predicted octanol–water partition coefficient (Wildman–Crippen LogP) is -1.27. The summed E-state index contributed by atoms with van der Waals surface area (Å²) in [6.07, 6.45) is -0.00176. The van der Waals surface area contributed by atoms with Gasteiger partial charge in [-0.2, -0.15) is 0 Å². The average molecular weight is 174 g/mol. The van der Waals surface area contributed by atoms with E-state index in [9.17, 15) is 4.79 Å². The van der Waals surface area contributed by atoms with Crippen molar-refractivity contribution in [3.8, 4) is 0 Å². The zero-order valence-corrected chi connectivity index (χ0v) is 6.90. The van der Waals surface area contributed by atoms with Crippen LogP contribution in [-0.4, -0.2) is 54.9 Å². The van der Waals surface area contributed by atoms with Crippen LogP contribution in [0.15, 0.2) is 0 Å². The molecule has 1 atom stereocenters. The maximum atomic E-state index is 10.3. The van der Waals surface area contributed by atoms with Gasteiger partial charge in [0.25, 0.3) is 0 Å². The zero-order chi connectivity index (χ0) is 8.97. The van der Waals surface area contributed by atoms with E-state index in [1.54, 1.807) is 0 Å². The molecule has 3 N–H and O–H groups in total. The van der Waals surface area contributed by atoms with Crippen LogP contribution in [0, 0.1) is 0 Å². The fourth-order valence-corrected chi connectivity index (χ4v) is 1.26. The van der Waals surface area contributed by atoms with Crippen LogP contribution < -0.4 is 5.73 Å². The van der Waals surface area contributed by atoms with Crippen molar-refractivity contribution in [3.05, 3.63) is 0 Å². The van der Waals surface area contributed by atoms with Gasteiger partial charge in [-0.15, -0.1) is 0 Å². The van der Waals surface area contributed by atoms with Gasteiger partial charge in [0.15, 0.2) is 0 Å². The molecule has 1 saturated heterocycles. The van der Waals surface area contributed by atoms with Crippen LogP contribution in [-0.2, 0) is 9.53 Å². The second kappa shape index (κ2) is 4.39. The molecule has 12 heavy (non-hydrogen) atoms. The van der Waals surface area contributed by atoms with Crippen molar-refractivity contribution in [1.29, 1.82) is 0 Å². The molecule has 0 radical (unpaired) electrons. The molecule has 0 aromatic heterocycles. The van der Waals surface area contributed by atoms with Gasteiger partial charge in [-0.3, -0.25) is 9.69 Å². The fourth-order valence-electron chi connectivity index (χ4n) is 1.26. The Labute approximate surface area is 71.1 Å². The van der Waals surface area contributed by atoms with Crippen molar-refractivity contribution in [3.63, 3.8) is 0 Å². The van der Waals surface area contributed by atoms with Gasteiger partial charge >= 0.3 is 5.97 Å². The molecule has 0 spiro atoms. The van der Waals surface area contributed by atoms with Gasteiger partial charge in [-0.25, -0.2) is 0 Å². The number of hydrogen-bond donors (Lipinski definition) is 2. The van der Waals surface area contributed by atoms with E-state index in [1.165, 1.54) is 0 Å². The third-order valence-electron chi connectivity index (χ3n) is 1.84. The highest BCUT2D eigenvalue weighted by atomic mass is 16.5. The maximum Gasteiger partial charge on any atom is 0.317 e. The van der Waals surface area contributed by atoms with E-state index in [0.717, 1.165) is 0 Å². The van der Waals surface area contributed by atoms with Crippen molar-refractivity contribution in [1.82, 2.24) is 4.90 Å². The molecular weight excluding hydrogens is 160 g/mol. The lowest BCUT2D eigenvalue weighted by atomic mass is 10.3. The Kier molecular flexibility index (Phi) is 3.46. The number of ether oxygens (including phenoxy) is 1. The molecule has 1 heterocycles. The number of carbonyl (C=O) groups is 1. The monoisotopic (exact) mass is 174 g/mol. The number of aliphatic carboxylic acids is 1. The van der Waals surface area contributed by atoms with Crippen molar-refractivity contribution in [2.45, 2.75) is 6.10 Å². The number of nitrogens with two attached hydrogens (primary N) is 1. The Morgan fingerprint density at radius 3 is 3.08 bits per heavy atom. The van der Waals surface area contributed by atoms with Crippen LogP contribution in [0.3, 0.4) is 0 Å². The summed E-state index contributed by atoms with van der Waals surface area (Å²) in [4.78, 5) is 12.2. The van der Waals surface area contributed by atoms with Crippen molar-refractivity contribution < 1.29 is 14.6 Å². The van der Waals surface area contributed by atoms with E-state index < -0.39 is 5.97 Å². The lowest BCUT2D eigenvalue weighted by Crippen LogP contribution is -2.47. The Balaban J connectivity index is 2.30. The van der Waals surface area contributed by atoms with Crippen molar-refractivity contribution >= 4 is 5.97 Å². The quantitative estimate of drug-likeness (QED) is 0.558. The first-order valence-corrected chi connectivity index (χ1v) is 3.98. The summed E-state index contributed by atoms with van der Waals surface area (Å²) in [5.74, 6) is -0.798. The molecule has 1 rings (SSSR count). The van der Waals surface area contributed by atoms with E-state index in [4.69, 9.17) is 15.6 Å². The highest BCUT2D eigenvalue weighted by Gasteiger charge is 2.20. The summed E-state index contributed by atoms with van der Waals surface area (Å²) in [5, 5.41) is 8.51. The number of rotatable bonds is 3. The summed E-state index contributed by atoms with van der Waals surface area (Å²) in [6.45, 7) is 2.43. The Bertz CT molecular complexity index is 163. The third-order valence-corrected chi connectivity index (χ3v) is 1.84. The summed E-state index contributed by atoms with van der Waals surface area (Å²) in [5.41, 5.74) is 5.40. The number of carboxylic acid groups (broad SMARTS) is 1. The Hall–Kier alpha value is -0.650. The summed E-state index contributed by atoms with van der Waals surface area (Å²) < 4.78 is 5.28. The second-order valence-corrected chi connectivity index (χ2v) is 2.86. The predicted molar refractivity (Wildman–Crippen MR) is 42.9 cm³/mol. The molecule has 5 nitrogen and oxygen atoms in total. The van der Waals surface area contributed by atoms with Crippen molar-refractivity contribution in [2.24, 2.45) is 5.73 Å². The van der Waals surface area contributed by atoms with Gasteiger partial charge in [0, 0.05) is 19.6 Å². The van der Waals surface area contributed by atoms with E-state index in [0.29, 0.717) is 26.2 Å². The number of hydrogen-bond acceptors (Lipinski definition) is 4. The van der Waals surface area contributed by atoms with Crippen LogP contribution >= 0.6 is 0 Å². The SMILES string of the molecule is NCC1CN(CC(=O)O)CCO1. The van der Waals surface area contributed by atoms with E-state index in [1.807, 2.05) is 4.90 Å². The molecule has 1 fully saturated rings. The summed E-state index contributed by atoms with van der Waals surface area (Å²) in [7, 11) is 0. The molecule has 1 unspecified atom stereocenters. The van der Waals surface area contributed by atoms with Gasteiger partial charge < -0.3 is 15.6 Å². The molecule has 0 aromatic carbocycles. The topological polar surface area (TPSA) is 75.8 Å². The second-order valence-electron chi connectivity index (χ2n) is 2.86. The standard InChI is InChI=1S/C7H14N2O3/c8-3-6-4-9(1-2-12-6)5-7(10)11/h6H,1-5,8H2,(H,10,11). The molecule has 70 valence electrons. The molecule has 0 aromatic rings. The molecule has 0 saturated carbocycles. The molecule has 0 amide bonds. The molecular formula is C7H14N2O3. The molecule has 5 heteroatoms. The Morgan fingerprint density at radius 1 is 1.75 bits per heavy atom. The molecule has 1 aliphatic heterocycles. The van der Waals surface area contributed by atoms with Crippen LogP contribution in [0.25, 0.3) is 0 Å². The normalized spacial score (nSPS) is 25.6. The molecule has 0 bridgehead atoms. The number of morpholine rings is 1. The van der Waals surface area contributed by atoms with Gasteiger partial charge in [0.1, 0.15) is 0 Å². The molecule has 0 aliphatic carbocycles. The fraction of sp³-hybridized carbons (Fsp3) is 0.857. The first-order valence-electron chi connectivity index (χ1n) is 3.98. The van der Waals surface area contributed by atoms with Crippen molar-refractivity contribution in [2.75, 3.05) is 32.8 Å². The van der Waals surface area contributed by atoms with Gasteiger partial charge in [-0.1, -0.05) is 0 Å². The average Bonchev–Trinajstić information content (AvgIpc) is 2.03. The smallest absolute Gasteiger partial charge is 0.317 e. The lowest BCUT2D eigenvalue weighted by molar-refractivity contribution is -0.140. The molecule has 1 aliphatic rings. The first kappa shape index (κ1) is 9.44. The lowest BCUT2D eigenvalue weighted by Gasteiger charge is -2.30. The maximum absolute atomic E-state index is 10.3.